The summed E-state index contributed by atoms with van der Waals surface area (Å²) in [7, 11) is 0. The molecule has 2 aromatic carbocycles. The fourth-order valence-corrected chi connectivity index (χ4v) is 5.89. The summed E-state index contributed by atoms with van der Waals surface area (Å²) in [6, 6.07) is 12.8. The van der Waals surface area contributed by atoms with E-state index in [-0.39, 0.29) is 23.6 Å². The Morgan fingerprint density at radius 1 is 1.16 bits per heavy atom. The highest BCUT2D eigenvalue weighted by Crippen LogP contribution is 2.28. The van der Waals surface area contributed by atoms with Crippen molar-refractivity contribution in [2.45, 2.75) is 57.0 Å². The Balaban J connectivity index is 1.68. The number of nitrogens with zero attached hydrogens (tertiary/aromatic N) is 1. The minimum Gasteiger partial charge on any atom is -0.352 e. The monoisotopic (exact) mass is 556 g/mol. The molecule has 0 heterocycles. The van der Waals surface area contributed by atoms with Crippen LogP contribution in [0.1, 0.15) is 43.7 Å². The lowest BCUT2D eigenvalue weighted by Gasteiger charge is -2.29. The third kappa shape index (κ3) is 7.14. The van der Waals surface area contributed by atoms with Gasteiger partial charge in [0.25, 0.3) is 0 Å². The van der Waals surface area contributed by atoms with E-state index in [9.17, 15) is 9.59 Å². The largest absolute Gasteiger partial charge is 0.352 e. The molecule has 1 N–H and O–H groups in total. The summed E-state index contributed by atoms with van der Waals surface area (Å²) in [5.41, 5.74) is 1.78. The Bertz CT molecular complexity index is 933. The second kappa shape index (κ2) is 12.3. The van der Waals surface area contributed by atoms with Crippen LogP contribution in [0.4, 0.5) is 0 Å². The van der Waals surface area contributed by atoms with Gasteiger partial charge in [-0.2, -0.15) is 0 Å². The number of rotatable bonds is 9. The average molecular weight is 558 g/mol. The van der Waals surface area contributed by atoms with Gasteiger partial charge >= 0.3 is 0 Å². The number of nitrogens with one attached hydrogen (secondary N) is 1. The van der Waals surface area contributed by atoms with E-state index >= 15 is 0 Å². The molecule has 0 bridgehead atoms. The predicted molar refractivity (Wildman–Crippen MR) is 137 cm³/mol. The minimum absolute atomic E-state index is 0.0905. The summed E-state index contributed by atoms with van der Waals surface area (Å²) in [5, 5.41) is 4.31. The van der Waals surface area contributed by atoms with Gasteiger partial charge in [0.1, 0.15) is 6.04 Å². The Morgan fingerprint density at radius 3 is 2.47 bits per heavy atom. The highest BCUT2D eigenvalue weighted by molar-refractivity contribution is 9.10. The van der Waals surface area contributed by atoms with Gasteiger partial charge in [-0.25, -0.2) is 0 Å². The van der Waals surface area contributed by atoms with Crippen molar-refractivity contribution < 1.29 is 9.59 Å². The van der Waals surface area contributed by atoms with Gasteiger partial charge in [0.2, 0.25) is 11.8 Å². The molecule has 1 aliphatic carbocycles. The van der Waals surface area contributed by atoms with E-state index in [1.54, 1.807) is 30.0 Å². The zero-order valence-corrected chi connectivity index (χ0v) is 21.9. The number of thioether (sulfide) groups is 1. The Hall–Kier alpha value is -1.21. The average Bonchev–Trinajstić information content (AvgIpc) is 3.26. The molecular weight excluding hydrogens is 531 g/mol. The number of hydrogen-bond donors (Lipinski definition) is 1. The zero-order chi connectivity index (χ0) is 23.1. The molecule has 32 heavy (non-hydrogen) atoms. The molecule has 172 valence electrons. The van der Waals surface area contributed by atoms with E-state index in [1.165, 1.54) is 11.8 Å². The van der Waals surface area contributed by atoms with Crippen molar-refractivity contribution in [3.8, 4) is 0 Å². The molecule has 0 radical (unpaired) electrons. The number of amides is 2. The summed E-state index contributed by atoms with van der Waals surface area (Å²) in [5.74, 6) is 0.570. The van der Waals surface area contributed by atoms with E-state index in [2.05, 4.69) is 21.2 Å². The third-order valence-electron chi connectivity index (χ3n) is 5.64. The first-order valence-corrected chi connectivity index (χ1v) is 13.4. The van der Waals surface area contributed by atoms with Gasteiger partial charge < -0.3 is 10.2 Å². The van der Waals surface area contributed by atoms with Crippen molar-refractivity contribution in [2.75, 3.05) is 5.75 Å². The molecule has 1 saturated carbocycles. The number of halogens is 3. The third-order valence-corrected chi connectivity index (χ3v) is 7.79. The highest BCUT2D eigenvalue weighted by Gasteiger charge is 2.28. The van der Waals surface area contributed by atoms with Crippen molar-refractivity contribution >= 4 is 62.7 Å². The fourth-order valence-electron chi connectivity index (χ4n) is 3.80. The highest BCUT2D eigenvalue weighted by atomic mass is 79.9. The number of carbonyl (C=O) groups is 2. The summed E-state index contributed by atoms with van der Waals surface area (Å²) >= 11 is 17.4. The van der Waals surface area contributed by atoms with Crippen LogP contribution < -0.4 is 5.32 Å². The summed E-state index contributed by atoms with van der Waals surface area (Å²) < 4.78 is 0.938. The van der Waals surface area contributed by atoms with Crippen molar-refractivity contribution in [1.82, 2.24) is 10.2 Å². The zero-order valence-electron chi connectivity index (χ0n) is 18.0. The van der Waals surface area contributed by atoms with Gasteiger partial charge in [-0.05, 0) is 55.2 Å². The van der Waals surface area contributed by atoms with Crippen molar-refractivity contribution in [3.05, 3.63) is 68.1 Å². The maximum Gasteiger partial charge on any atom is 0.242 e. The van der Waals surface area contributed by atoms with Gasteiger partial charge in [-0.15, -0.1) is 11.8 Å². The van der Waals surface area contributed by atoms with Crippen LogP contribution in [0.2, 0.25) is 10.0 Å². The van der Waals surface area contributed by atoms with Crippen LogP contribution in [-0.2, 0) is 21.9 Å². The molecule has 1 unspecified atom stereocenters. The van der Waals surface area contributed by atoms with Gasteiger partial charge in [0.15, 0.2) is 0 Å². The number of hydrogen-bond acceptors (Lipinski definition) is 3. The molecule has 0 aromatic heterocycles. The molecule has 1 fully saturated rings. The quantitative estimate of drug-likeness (QED) is 0.384. The molecule has 1 atom stereocenters. The molecule has 2 aromatic rings. The van der Waals surface area contributed by atoms with E-state index in [0.29, 0.717) is 22.3 Å². The molecule has 3 rings (SSSR count). The summed E-state index contributed by atoms with van der Waals surface area (Å²) in [6.07, 6.45) is 4.29. The van der Waals surface area contributed by atoms with Crippen molar-refractivity contribution in [2.24, 2.45) is 0 Å². The lowest BCUT2D eigenvalue weighted by Crippen LogP contribution is -2.50. The molecular formula is C24H27BrCl2N2O2S. The van der Waals surface area contributed by atoms with Crippen molar-refractivity contribution in [3.63, 3.8) is 0 Å². The number of carbonyl (C=O) groups excluding carboxylic acids is 2. The SMILES string of the molecule is CC(C(=O)NC1CCCC1)N(Cc1cccc(Br)c1)C(=O)CSCc1c(Cl)cccc1Cl. The molecule has 8 heteroatoms. The standard InChI is InChI=1S/C24H27BrCl2N2O2S/c1-16(24(31)28-19-8-2-3-9-19)29(13-17-6-4-7-18(25)12-17)23(30)15-32-14-20-21(26)10-5-11-22(20)27/h4-7,10-12,16,19H,2-3,8-9,13-15H2,1H3,(H,28,31). The van der Waals surface area contributed by atoms with E-state index in [1.807, 2.05) is 24.3 Å². The Kier molecular flexibility index (Phi) is 9.77. The summed E-state index contributed by atoms with van der Waals surface area (Å²) in [6.45, 7) is 2.17. The molecule has 0 spiro atoms. The maximum atomic E-state index is 13.2. The molecule has 0 aliphatic heterocycles. The second-order valence-electron chi connectivity index (χ2n) is 8.01. The lowest BCUT2D eigenvalue weighted by molar-refractivity contribution is -0.138. The first kappa shape index (κ1) is 25.4. The molecule has 1 aliphatic rings. The van der Waals surface area contributed by atoms with E-state index in [4.69, 9.17) is 23.2 Å². The van der Waals surface area contributed by atoms with Crippen LogP contribution in [0.5, 0.6) is 0 Å². The van der Waals surface area contributed by atoms with Crippen LogP contribution in [0, 0.1) is 0 Å². The van der Waals surface area contributed by atoms with Gasteiger partial charge in [0.05, 0.1) is 5.75 Å². The molecule has 2 amide bonds. The smallest absolute Gasteiger partial charge is 0.242 e. The second-order valence-corrected chi connectivity index (χ2v) is 10.7. The van der Waals surface area contributed by atoms with Gasteiger partial charge in [0, 0.05) is 32.9 Å². The Morgan fingerprint density at radius 2 is 1.81 bits per heavy atom. The first-order chi connectivity index (χ1) is 15.3. The van der Waals surface area contributed by atoms with Crippen LogP contribution in [0.3, 0.4) is 0 Å². The maximum absolute atomic E-state index is 13.2. The van der Waals surface area contributed by atoms with E-state index in [0.717, 1.165) is 41.3 Å². The minimum atomic E-state index is -0.563. The predicted octanol–water partition coefficient (Wildman–Crippen LogP) is 6.47. The lowest BCUT2D eigenvalue weighted by atomic mass is 10.1. The van der Waals surface area contributed by atoms with Crippen LogP contribution in [0.15, 0.2) is 46.9 Å². The van der Waals surface area contributed by atoms with Crippen molar-refractivity contribution in [1.29, 1.82) is 0 Å². The number of benzene rings is 2. The Labute approximate surface area is 212 Å². The van der Waals surface area contributed by atoms with Gasteiger partial charge in [-0.3, -0.25) is 9.59 Å². The summed E-state index contributed by atoms with van der Waals surface area (Å²) in [4.78, 5) is 27.8. The van der Waals surface area contributed by atoms with E-state index < -0.39 is 6.04 Å². The van der Waals surface area contributed by atoms with Crippen LogP contribution in [0.25, 0.3) is 0 Å². The molecule has 4 nitrogen and oxygen atoms in total. The topological polar surface area (TPSA) is 49.4 Å². The van der Waals surface area contributed by atoms with Crippen LogP contribution >= 0.6 is 50.9 Å². The molecule has 0 saturated heterocycles. The van der Waals surface area contributed by atoms with Gasteiger partial charge in [-0.1, -0.05) is 70.2 Å². The fraction of sp³-hybridized carbons (Fsp3) is 0.417. The first-order valence-electron chi connectivity index (χ1n) is 10.7. The normalized spacial score (nSPS) is 14.9. The van der Waals surface area contributed by atoms with Crippen LogP contribution in [-0.4, -0.2) is 34.6 Å².